The number of carbonyl (C=O) groups excluding carboxylic acids is 1. The first-order valence-electron chi connectivity index (χ1n) is 5.95. The molecule has 0 spiro atoms. The van der Waals surface area contributed by atoms with E-state index in [2.05, 4.69) is 31.9 Å². The van der Waals surface area contributed by atoms with Crippen molar-refractivity contribution in [2.45, 2.75) is 0 Å². The van der Waals surface area contributed by atoms with Gasteiger partial charge in [0.1, 0.15) is 24.7 Å². The van der Waals surface area contributed by atoms with E-state index in [4.69, 9.17) is 9.47 Å². The van der Waals surface area contributed by atoms with Crippen LogP contribution in [-0.2, 0) is 0 Å². The molecule has 0 saturated heterocycles. The van der Waals surface area contributed by atoms with E-state index in [1.165, 1.54) is 0 Å². The fourth-order valence-corrected chi connectivity index (χ4v) is 2.16. The highest BCUT2D eigenvalue weighted by molar-refractivity contribution is 9.10. The summed E-state index contributed by atoms with van der Waals surface area (Å²) in [7, 11) is 0. The molecule has 0 aromatic heterocycles. The van der Waals surface area contributed by atoms with Crippen LogP contribution in [0.4, 0.5) is 0 Å². The SMILES string of the molecule is O=Cc1cc(OCCOc2ccc(Br)cc2)ccc1Br. The van der Waals surface area contributed by atoms with Gasteiger partial charge in [-0.15, -0.1) is 0 Å². The quantitative estimate of drug-likeness (QED) is 0.530. The van der Waals surface area contributed by atoms with E-state index in [0.29, 0.717) is 24.5 Å². The average molecular weight is 400 g/mol. The molecule has 0 bridgehead atoms. The van der Waals surface area contributed by atoms with Gasteiger partial charge in [0.05, 0.1) is 0 Å². The van der Waals surface area contributed by atoms with Crippen molar-refractivity contribution in [3.8, 4) is 11.5 Å². The lowest BCUT2D eigenvalue weighted by Crippen LogP contribution is -2.09. The number of carbonyl (C=O) groups is 1. The topological polar surface area (TPSA) is 35.5 Å². The molecular weight excluding hydrogens is 388 g/mol. The standard InChI is InChI=1S/C15H12Br2O3/c16-12-1-3-13(4-2-12)19-7-8-20-14-5-6-15(17)11(9-14)10-18/h1-6,9-10H,7-8H2. The Kier molecular flexibility index (Phi) is 5.61. The zero-order chi connectivity index (χ0) is 14.4. The lowest BCUT2D eigenvalue weighted by atomic mass is 10.2. The van der Waals surface area contributed by atoms with Crippen molar-refractivity contribution in [1.29, 1.82) is 0 Å². The van der Waals surface area contributed by atoms with Gasteiger partial charge in [-0.3, -0.25) is 4.79 Å². The van der Waals surface area contributed by atoms with Crippen LogP contribution >= 0.6 is 31.9 Å². The van der Waals surface area contributed by atoms with Gasteiger partial charge in [-0.2, -0.15) is 0 Å². The Bertz CT molecular complexity index is 582. The third-order valence-electron chi connectivity index (χ3n) is 2.53. The fraction of sp³-hybridized carbons (Fsp3) is 0.133. The van der Waals surface area contributed by atoms with Gasteiger partial charge in [0.15, 0.2) is 6.29 Å². The number of hydrogen-bond acceptors (Lipinski definition) is 3. The van der Waals surface area contributed by atoms with Crippen LogP contribution < -0.4 is 9.47 Å². The first kappa shape index (κ1) is 15.1. The van der Waals surface area contributed by atoms with Crippen molar-refractivity contribution in [1.82, 2.24) is 0 Å². The van der Waals surface area contributed by atoms with E-state index >= 15 is 0 Å². The zero-order valence-electron chi connectivity index (χ0n) is 10.5. The van der Waals surface area contributed by atoms with Gasteiger partial charge >= 0.3 is 0 Å². The van der Waals surface area contributed by atoms with Crippen molar-refractivity contribution in [3.63, 3.8) is 0 Å². The number of benzene rings is 2. The maximum atomic E-state index is 10.8. The summed E-state index contributed by atoms with van der Waals surface area (Å²) in [6, 6.07) is 12.9. The van der Waals surface area contributed by atoms with E-state index in [0.717, 1.165) is 21.0 Å². The third kappa shape index (κ3) is 4.35. The van der Waals surface area contributed by atoms with E-state index < -0.39 is 0 Å². The third-order valence-corrected chi connectivity index (χ3v) is 3.78. The van der Waals surface area contributed by atoms with Crippen LogP contribution in [0.3, 0.4) is 0 Å². The summed E-state index contributed by atoms with van der Waals surface area (Å²) >= 11 is 6.66. The summed E-state index contributed by atoms with van der Waals surface area (Å²) in [4.78, 5) is 10.8. The van der Waals surface area contributed by atoms with E-state index in [1.54, 1.807) is 18.2 Å². The minimum atomic E-state index is 0.413. The molecule has 0 saturated carbocycles. The Morgan fingerprint density at radius 1 is 0.900 bits per heavy atom. The van der Waals surface area contributed by atoms with Gasteiger partial charge in [-0.05, 0) is 42.5 Å². The molecule has 2 aromatic rings. The maximum absolute atomic E-state index is 10.8. The van der Waals surface area contributed by atoms with Crippen molar-refractivity contribution in [3.05, 3.63) is 57.0 Å². The molecule has 0 unspecified atom stereocenters. The van der Waals surface area contributed by atoms with Crippen LogP contribution in [0.15, 0.2) is 51.4 Å². The molecule has 0 fully saturated rings. The molecule has 0 aliphatic rings. The van der Waals surface area contributed by atoms with Crippen molar-refractivity contribution >= 4 is 38.1 Å². The molecule has 0 aliphatic carbocycles. The molecule has 2 aromatic carbocycles. The van der Waals surface area contributed by atoms with Gasteiger partial charge in [0, 0.05) is 14.5 Å². The first-order valence-corrected chi connectivity index (χ1v) is 7.53. The van der Waals surface area contributed by atoms with Crippen LogP contribution in [-0.4, -0.2) is 19.5 Å². The predicted octanol–water partition coefficient (Wildman–Crippen LogP) is 4.48. The largest absolute Gasteiger partial charge is 0.490 e. The van der Waals surface area contributed by atoms with Crippen LogP contribution in [0.2, 0.25) is 0 Å². The lowest BCUT2D eigenvalue weighted by molar-refractivity contribution is 0.112. The van der Waals surface area contributed by atoms with Crippen LogP contribution in [0, 0.1) is 0 Å². The van der Waals surface area contributed by atoms with Gasteiger partial charge in [-0.1, -0.05) is 31.9 Å². The first-order chi connectivity index (χ1) is 9.69. The summed E-state index contributed by atoms with van der Waals surface area (Å²) in [6.07, 6.45) is 0.787. The molecule has 20 heavy (non-hydrogen) atoms. The van der Waals surface area contributed by atoms with Gasteiger partial charge in [-0.25, -0.2) is 0 Å². The zero-order valence-corrected chi connectivity index (χ0v) is 13.7. The lowest BCUT2D eigenvalue weighted by Gasteiger charge is -2.09. The molecule has 5 heteroatoms. The van der Waals surface area contributed by atoms with Crippen LogP contribution in [0.25, 0.3) is 0 Å². The maximum Gasteiger partial charge on any atom is 0.151 e. The minimum absolute atomic E-state index is 0.413. The van der Waals surface area contributed by atoms with Crippen LogP contribution in [0.5, 0.6) is 11.5 Å². The molecule has 0 radical (unpaired) electrons. The summed E-state index contributed by atoms with van der Waals surface area (Å²) in [5.41, 5.74) is 0.566. The Hall–Kier alpha value is -1.33. The highest BCUT2D eigenvalue weighted by Gasteiger charge is 2.01. The molecule has 0 atom stereocenters. The van der Waals surface area contributed by atoms with Gasteiger partial charge < -0.3 is 9.47 Å². The highest BCUT2D eigenvalue weighted by Crippen LogP contribution is 2.21. The summed E-state index contributed by atoms with van der Waals surface area (Å²) in [5, 5.41) is 0. The molecular formula is C15H12Br2O3. The van der Waals surface area contributed by atoms with E-state index in [1.807, 2.05) is 24.3 Å². The molecule has 0 heterocycles. The Balaban J connectivity index is 1.81. The van der Waals surface area contributed by atoms with Crippen molar-refractivity contribution < 1.29 is 14.3 Å². The monoisotopic (exact) mass is 398 g/mol. The van der Waals surface area contributed by atoms with Crippen LogP contribution in [0.1, 0.15) is 10.4 Å². The normalized spacial score (nSPS) is 10.1. The number of halogens is 2. The number of ether oxygens (including phenoxy) is 2. The Labute approximate surface area is 134 Å². The Morgan fingerprint density at radius 3 is 2.15 bits per heavy atom. The number of rotatable bonds is 6. The second-order valence-corrected chi connectivity index (χ2v) is 5.72. The van der Waals surface area contributed by atoms with Gasteiger partial charge in [0.2, 0.25) is 0 Å². The average Bonchev–Trinajstić information content (AvgIpc) is 2.47. The van der Waals surface area contributed by atoms with Crippen molar-refractivity contribution in [2.24, 2.45) is 0 Å². The van der Waals surface area contributed by atoms with Gasteiger partial charge in [0.25, 0.3) is 0 Å². The second-order valence-electron chi connectivity index (χ2n) is 3.95. The Morgan fingerprint density at radius 2 is 1.50 bits per heavy atom. The molecule has 0 aliphatic heterocycles. The predicted molar refractivity (Wildman–Crippen MR) is 84.7 cm³/mol. The highest BCUT2D eigenvalue weighted by atomic mass is 79.9. The molecule has 104 valence electrons. The molecule has 3 nitrogen and oxygen atoms in total. The smallest absolute Gasteiger partial charge is 0.151 e. The van der Waals surface area contributed by atoms with Crippen molar-refractivity contribution in [2.75, 3.05) is 13.2 Å². The van der Waals surface area contributed by atoms with E-state index in [9.17, 15) is 4.79 Å². The summed E-state index contributed by atoms with van der Waals surface area (Å²) in [5.74, 6) is 1.44. The number of aldehydes is 1. The molecule has 0 amide bonds. The van der Waals surface area contributed by atoms with E-state index in [-0.39, 0.29) is 0 Å². The molecule has 2 rings (SSSR count). The number of hydrogen-bond donors (Lipinski definition) is 0. The second kappa shape index (κ2) is 7.45. The summed E-state index contributed by atoms with van der Waals surface area (Å²) in [6.45, 7) is 0.851. The fourth-order valence-electron chi connectivity index (χ4n) is 1.55. The molecule has 0 N–H and O–H groups in total. The minimum Gasteiger partial charge on any atom is -0.490 e. The summed E-state index contributed by atoms with van der Waals surface area (Å²) < 4.78 is 12.8.